The quantitative estimate of drug-likeness (QED) is 0.765. The maximum atomic E-state index is 13.1. The smallest absolute Gasteiger partial charge is 0.265 e. The number of halogens is 1. The van der Waals surface area contributed by atoms with Crippen LogP contribution >= 0.6 is 27.3 Å². The number of amides is 1. The normalized spacial score (nSPS) is 18.9. The molecule has 3 heterocycles. The van der Waals surface area contributed by atoms with Crippen molar-refractivity contribution in [1.29, 1.82) is 0 Å². The minimum Gasteiger partial charge on any atom is -0.497 e. The summed E-state index contributed by atoms with van der Waals surface area (Å²) in [6.07, 6.45) is 1.70. The average molecular weight is 408 g/mol. The van der Waals surface area contributed by atoms with Crippen molar-refractivity contribution in [2.75, 3.05) is 20.3 Å². The van der Waals surface area contributed by atoms with Gasteiger partial charge in [-0.25, -0.2) is 0 Å². The zero-order chi connectivity index (χ0) is 16.7. The first-order chi connectivity index (χ1) is 11.6. The van der Waals surface area contributed by atoms with Crippen LogP contribution in [0.15, 0.2) is 34.1 Å². The predicted molar refractivity (Wildman–Crippen MR) is 96.6 cm³/mol. The van der Waals surface area contributed by atoms with E-state index in [0.717, 1.165) is 32.8 Å². The number of rotatable bonds is 3. The van der Waals surface area contributed by atoms with E-state index in [9.17, 15) is 4.79 Å². The minimum absolute atomic E-state index is 0.137. The Morgan fingerprint density at radius 1 is 1.29 bits per heavy atom. The van der Waals surface area contributed by atoms with Crippen LogP contribution in [-0.4, -0.2) is 31.1 Å². The summed E-state index contributed by atoms with van der Waals surface area (Å²) in [6, 6.07) is 10.1. The van der Waals surface area contributed by atoms with Gasteiger partial charge in [-0.1, -0.05) is 12.1 Å². The molecule has 24 heavy (non-hydrogen) atoms. The number of ether oxygens (including phenoxy) is 2. The number of fused-ring (bicyclic) bond motifs is 2. The highest BCUT2D eigenvalue weighted by Gasteiger charge is 2.51. The van der Waals surface area contributed by atoms with Crippen LogP contribution in [0.3, 0.4) is 0 Å². The summed E-state index contributed by atoms with van der Waals surface area (Å²) in [5, 5.41) is 0. The average Bonchev–Trinajstić information content (AvgIpc) is 3.09. The van der Waals surface area contributed by atoms with Gasteiger partial charge in [0.05, 0.1) is 21.3 Å². The minimum atomic E-state index is -0.229. The van der Waals surface area contributed by atoms with E-state index < -0.39 is 0 Å². The zero-order valence-corrected chi connectivity index (χ0v) is 15.8. The molecule has 0 atom stereocenters. The highest BCUT2D eigenvalue weighted by Crippen LogP contribution is 2.50. The summed E-state index contributed by atoms with van der Waals surface area (Å²) in [5.74, 6) is 0.966. The largest absolute Gasteiger partial charge is 0.497 e. The van der Waals surface area contributed by atoms with Crippen LogP contribution in [0, 0.1) is 0 Å². The molecule has 0 unspecified atom stereocenters. The Hall–Kier alpha value is -1.37. The first kappa shape index (κ1) is 16.1. The Morgan fingerprint density at radius 3 is 2.67 bits per heavy atom. The molecule has 4 rings (SSSR count). The van der Waals surface area contributed by atoms with Crippen molar-refractivity contribution in [3.05, 3.63) is 50.1 Å². The van der Waals surface area contributed by atoms with Gasteiger partial charge in [-0.05, 0) is 52.5 Å². The fraction of sp³-hybridized carbons (Fsp3) is 0.389. The van der Waals surface area contributed by atoms with E-state index in [1.807, 2.05) is 29.2 Å². The van der Waals surface area contributed by atoms with Crippen LogP contribution in [0.1, 0.15) is 33.6 Å². The number of nitrogens with zero attached hydrogens (tertiary/aromatic N) is 1. The van der Waals surface area contributed by atoms with Crippen molar-refractivity contribution in [1.82, 2.24) is 4.90 Å². The standard InChI is InChI=1S/C18H18BrNO3S/c1-22-13-4-2-12(3-5-13)11-20-17(21)16-14(10-15(19)24-16)18(20)6-8-23-9-7-18/h2-5,10H,6-9,11H2,1H3. The lowest BCUT2D eigenvalue weighted by molar-refractivity contribution is -0.0179. The second-order valence-corrected chi connectivity index (χ2v) is 8.61. The Balaban J connectivity index is 1.70. The summed E-state index contributed by atoms with van der Waals surface area (Å²) < 4.78 is 11.8. The van der Waals surface area contributed by atoms with Crippen LogP contribution in [0.2, 0.25) is 0 Å². The number of benzene rings is 1. The number of hydrogen-bond acceptors (Lipinski definition) is 4. The van der Waals surface area contributed by atoms with Crippen LogP contribution < -0.4 is 4.74 Å². The Kier molecular flexibility index (Phi) is 4.14. The number of hydrogen-bond donors (Lipinski definition) is 0. The third kappa shape index (κ3) is 2.48. The van der Waals surface area contributed by atoms with Crippen LogP contribution in [0.5, 0.6) is 5.75 Å². The summed E-state index contributed by atoms with van der Waals surface area (Å²) in [6.45, 7) is 2.00. The third-order valence-corrected chi connectivity index (χ3v) is 6.61. The third-order valence-electron chi connectivity index (χ3n) is 4.98. The van der Waals surface area contributed by atoms with E-state index in [1.54, 1.807) is 7.11 Å². The van der Waals surface area contributed by atoms with Gasteiger partial charge in [-0.15, -0.1) is 11.3 Å². The van der Waals surface area contributed by atoms with E-state index in [0.29, 0.717) is 19.8 Å². The lowest BCUT2D eigenvalue weighted by atomic mass is 9.84. The van der Waals surface area contributed by atoms with E-state index in [4.69, 9.17) is 9.47 Å². The fourth-order valence-electron chi connectivity index (χ4n) is 3.71. The zero-order valence-electron chi connectivity index (χ0n) is 13.4. The van der Waals surface area contributed by atoms with Gasteiger partial charge in [0, 0.05) is 25.3 Å². The van der Waals surface area contributed by atoms with Gasteiger partial charge < -0.3 is 14.4 Å². The molecule has 1 spiro atoms. The van der Waals surface area contributed by atoms with E-state index in [1.165, 1.54) is 16.9 Å². The van der Waals surface area contributed by atoms with Crippen LogP contribution in [0.4, 0.5) is 0 Å². The molecule has 0 saturated carbocycles. The van der Waals surface area contributed by atoms with Gasteiger partial charge in [0.25, 0.3) is 5.91 Å². The van der Waals surface area contributed by atoms with Gasteiger partial charge in [0.15, 0.2) is 0 Å². The molecule has 6 heteroatoms. The van der Waals surface area contributed by atoms with Crippen molar-refractivity contribution in [2.45, 2.75) is 24.9 Å². The number of thiophene rings is 1. The number of carbonyl (C=O) groups excluding carboxylic acids is 1. The predicted octanol–water partition coefficient (Wildman–Crippen LogP) is 4.18. The number of methoxy groups -OCH3 is 1. The van der Waals surface area contributed by atoms with Crippen molar-refractivity contribution in [3.8, 4) is 5.75 Å². The fourth-order valence-corrected chi connectivity index (χ4v) is 5.36. The molecule has 126 valence electrons. The molecule has 1 aromatic heterocycles. The summed E-state index contributed by atoms with van der Waals surface area (Å²) in [7, 11) is 1.66. The lowest BCUT2D eigenvalue weighted by Crippen LogP contribution is -2.47. The van der Waals surface area contributed by atoms with E-state index in [-0.39, 0.29) is 11.4 Å². The van der Waals surface area contributed by atoms with Gasteiger partial charge >= 0.3 is 0 Å². The summed E-state index contributed by atoms with van der Waals surface area (Å²) in [5.41, 5.74) is 2.05. The van der Waals surface area contributed by atoms with E-state index >= 15 is 0 Å². The lowest BCUT2D eigenvalue weighted by Gasteiger charge is -2.42. The molecule has 0 N–H and O–H groups in total. The van der Waals surface area contributed by atoms with E-state index in [2.05, 4.69) is 22.0 Å². The highest BCUT2D eigenvalue weighted by atomic mass is 79.9. The molecule has 4 nitrogen and oxygen atoms in total. The molecule has 1 saturated heterocycles. The molecule has 1 amide bonds. The summed E-state index contributed by atoms with van der Waals surface area (Å²) in [4.78, 5) is 16.0. The Morgan fingerprint density at radius 2 is 2.00 bits per heavy atom. The van der Waals surface area contributed by atoms with Crippen LogP contribution in [0.25, 0.3) is 0 Å². The Bertz CT molecular complexity index is 765. The summed E-state index contributed by atoms with van der Waals surface area (Å²) >= 11 is 5.08. The molecule has 2 aliphatic heterocycles. The van der Waals surface area contributed by atoms with Gasteiger partial charge in [0.2, 0.25) is 0 Å². The molecule has 2 aromatic rings. The molecule has 2 aliphatic rings. The van der Waals surface area contributed by atoms with Gasteiger partial charge in [-0.2, -0.15) is 0 Å². The molecule has 0 radical (unpaired) electrons. The molecule has 0 aliphatic carbocycles. The maximum absolute atomic E-state index is 13.1. The SMILES string of the molecule is COc1ccc(CN2C(=O)c3sc(Br)cc3C23CCOCC3)cc1. The molecular formula is C18H18BrNO3S. The van der Waals surface area contributed by atoms with Crippen molar-refractivity contribution < 1.29 is 14.3 Å². The first-order valence-corrected chi connectivity index (χ1v) is 9.57. The first-order valence-electron chi connectivity index (χ1n) is 7.96. The van der Waals surface area contributed by atoms with Crippen molar-refractivity contribution >= 4 is 33.2 Å². The Labute approximate surface area is 153 Å². The van der Waals surface area contributed by atoms with Crippen molar-refractivity contribution in [3.63, 3.8) is 0 Å². The maximum Gasteiger partial charge on any atom is 0.265 e. The molecule has 1 fully saturated rings. The topological polar surface area (TPSA) is 38.8 Å². The highest BCUT2D eigenvalue weighted by molar-refractivity contribution is 9.11. The monoisotopic (exact) mass is 407 g/mol. The number of carbonyl (C=O) groups is 1. The molecule has 0 bridgehead atoms. The second-order valence-electron chi connectivity index (χ2n) is 6.18. The second kappa shape index (κ2) is 6.17. The molecule has 1 aromatic carbocycles. The van der Waals surface area contributed by atoms with Crippen LogP contribution in [-0.2, 0) is 16.8 Å². The van der Waals surface area contributed by atoms with Gasteiger partial charge in [0.1, 0.15) is 5.75 Å². The molecular weight excluding hydrogens is 390 g/mol. The van der Waals surface area contributed by atoms with Crippen molar-refractivity contribution in [2.24, 2.45) is 0 Å². The van der Waals surface area contributed by atoms with Gasteiger partial charge in [-0.3, -0.25) is 4.79 Å².